The van der Waals surface area contributed by atoms with E-state index in [1.165, 1.54) is 0 Å². The molecule has 3 N–H and O–H groups in total. The van der Waals surface area contributed by atoms with E-state index >= 15 is 0 Å². The van der Waals surface area contributed by atoms with Crippen molar-refractivity contribution in [2.45, 2.75) is 13.5 Å². The van der Waals surface area contributed by atoms with Crippen LogP contribution in [-0.2, 0) is 20.9 Å². The molecule has 0 aliphatic carbocycles. The van der Waals surface area contributed by atoms with E-state index in [2.05, 4.69) is 31.9 Å². The van der Waals surface area contributed by atoms with E-state index < -0.39 is 24.5 Å². The SMILES string of the molecule is Cc1cc(NC(=O)COC(=O)CNC(=O)NCc2ccccc2)ccc1Br. The van der Waals surface area contributed by atoms with Crippen LogP contribution >= 0.6 is 15.9 Å². The molecule has 2 aromatic rings. The normalized spacial score (nSPS) is 10.0. The molecule has 0 fully saturated rings. The van der Waals surface area contributed by atoms with Gasteiger partial charge >= 0.3 is 12.0 Å². The van der Waals surface area contributed by atoms with Crippen LogP contribution in [0.1, 0.15) is 11.1 Å². The van der Waals surface area contributed by atoms with Crippen LogP contribution in [0, 0.1) is 6.92 Å². The van der Waals surface area contributed by atoms with Gasteiger partial charge in [0, 0.05) is 16.7 Å². The number of urea groups is 1. The minimum atomic E-state index is -0.702. The molecule has 2 rings (SSSR count). The fraction of sp³-hybridized carbons (Fsp3) is 0.211. The Kier molecular flexibility index (Phi) is 7.81. The van der Waals surface area contributed by atoms with Gasteiger partial charge in [-0.2, -0.15) is 0 Å². The summed E-state index contributed by atoms with van der Waals surface area (Å²) in [6, 6.07) is 14.2. The Morgan fingerprint density at radius 1 is 1.04 bits per heavy atom. The minimum absolute atomic E-state index is 0.328. The van der Waals surface area contributed by atoms with E-state index in [1.807, 2.05) is 43.3 Å². The van der Waals surface area contributed by atoms with Gasteiger partial charge in [0.05, 0.1) is 0 Å². The maximum atomic E-state index is 11.8. The number of carbonyl (C=O) groups is 3. The summed E-state index contributed by atoms with van der Waals surface area (Å²) in [4.78, 5) is 35.1. The zero-order chi connectivity index (χ0) is 19.6. The van der Waals surface area contributed by atoms with E-state index in [-0.39, 0.29) is 6.54 Å². The number of benzene rings is 2. The lowest BCUT2D eigenvalue weighted by molar-refractivity contribution is -0.146. The second kappa shape index (κ2) is 10.3. The summed E-state index contributed by atoms with van der Waals surface area (Å²) >= 11 is 3.38. The maximum absolute atomic E-state index is 11.8. The van der Waals surface area contributed by atoms with E-state index in [4.69, 9.17) is 4.74 Å². The lowest BCUT2D eigenvalue weighted by Crippen LogP contribution is -2.39. The highest BCUT2D eigenvalue weighted by Gasteiger charge is 2.10. The molecule has 2 aromatic carbocycles. The first-order valence-electron chi connectivity index (χ1n) is 8.21. The molecule has 0 unspecified atom stereocenters. The van der Waals surface area contributed by atoms with Crippen LogP contribution in [0.15, 0.2) is 53.0 Å². The number of anilines is 1. The highest BCUT2D eigenvalue weighted by Crippen LogP contribution is 2.19. The molecule has 0 radical (unpaired) electrons. The fourth-order valence-electron chi connectivity index (χ4n) is 2.11. The van der Waals surface area contributed by atoms with Crippen LogP contribution in [0.25, 0.3) is 0 Å². The van der Waals surface area contributed by atoms with Crippen LogP contribution in [-0.4, -0.2) is 31.1 Å². The molecule has 0 bridgehead atoms. The van der Waals surface area contributed by atoms with E-state index in [1.54, 1.807) is 12.1 Å². The number of halogens is 1. The molecule has 0 atom stereocenters. The summed E-state index contributed by atoms with van der Waals surface area (Å²) in [5.74, 6) is -1.16. The van der Waals surface area contributed by atoms with Crippen LogP contribution < -0.4 is 16.0 Å². The third-order valence-corrected chi connectivity index (χ3v) is 4.38. The highest BCUT2D eigenvalue weighted by atomic mass is 79.9. The predicted molar refractivity (Wildman–Crippen MR) is 105 cm³/mol. The summed E-state index contributed by atoms with van der Waals surface area (Å²) in [5.41, 5.74) is 2.51. The van der Waals surface area contributed by atoms with Gasteiger partial charge in [-0.05, 0) is 36.2 Å². The molecule has 0 aliphatic rings. The number of hydrogen-bond acceptors (Lipinski definition) is 4. The van der Waals surface area contributed by atoms with Gasteiger partial charge < -0.3 is 20.7 Å². The predicted octanol–water partition coefficient (Wildman–Crippen LogP) is 2.74. The average Bonchev–Trinajstić information content (AvgIpc) is 2.67. The number of nitrogens with one attached hydrogen (secondary N) is 3. The molecule has 0 heterocycles. The zero-order valence-corrected chi connectivity index (χ0v) is 16.3. The van der Waals surface area contributed by atoms with Crippen molar-refractivity contribution in [1.29, 1.82) is 0 Å². The first-order chi connectivity index (χ1) is 12.9. The Morgan fingerprint density at radius 3 is 2.48 bits per heavy atom. The number of carbonyl (C=O) groups excluding carboxylic acids is 3. The molecule has 0 spiro atoms. The second-order valence-corrected chi connectivity index (χ2v) is 6.55. The standard InChI is InChI=1S/C19H20BrN3O4/c1-13-9-15(7-8-16(13)20)23-17(24)12-27-18(25)11-22-19(26)21-10-14-5-3-2-4-6-14/h2-9H,10-12H2,1H3,(H,23,24)(H2,21,22,26). The first kappa shape index (κ1) is 20.4. The van der Waals surface area contributed by atoms with E-state index in [0.717, 1.165) is 15.6 Å². The highest BCUT2D eigenvalue weighted by molar-refractivity contribution is 9.10. The Morgan fingerprint density at radius 2 is 1.78 bits per heavy atom. The average molecular weight is 434 g/mol. The van der Waals surface area contributed by atoms with Crippen LogP contribution in [0.3, 0.4) is 0 Å². The first-order valence-corrected chi connectivity index (χ1v) is 9.00. The van der Waals surface area contributed by atoms with E-state index in [9.17, 15) is 14.4 Å². The number of rotatable bonds is 7. The third kappa shape index (κ3) is 7.49. The van der Waals surface area contributed by atoms with Crippen molar-refractivity contribution in [3.63, 3.8) is 0 Å². The lowest BCUT2D eigenvalue weighted by Gasteiger charge is -2.09. The number of ether oxygens (including phenoxy) is 1. The van der Waals surface area contributed by atoms with Gasteiger partial charge in [0.2, 0.25) is 0 Å². The van der Waals surface area contributed by atoms with Gasteiger partial charge in [0.15, 0.2) is 6.61 Å². The Balaban J connectivity index is 1.64. The molecule has 3 amide bonds. The van der Waals surface area contributed by atoms with Crippen molar-refractivity contribution >= 4 is 39.5 Å². The van der Waals surface area contributed by atoms with Gasteiger partial charge in [0.25, 0.3) is 5.91 Å². The molecule has 8 heteroatoms. The van der Waals surface area contributed by atoms with E-state index in [0.29, 0.717) is 12.2 Å². The largest absolute Gasteiger partial charge is 0.454 e. The minimum Gasteiger partial charge on any atom is -0.454 e. The summed E-state index contributed by atoms with van der Waals surface area (Å²) in [6.07, 6.45) is 0. The molecular formula is C19H20BrN3O4. The van der Waals surface area contributed by atoms with Crippen molar-refractivity contribution < 1.29 is 19.1 Å². The maximum Gasteiger partial charge on any atom is 0.325 e. The summed E-state index contributed by atoms with van der Waals surface area (Å²) in [7, 11) is 0. The van der Waals surface area contributed by atoms with Crippen molar-refractivity contribution in [1.82, 2.24) is 10.6 Å². The number of amides is 3. The third-order valence-electron chi connectivity index (χ3n) is 3.50. The molecule has 0 saturated carbocycles. The van der Waals surface area contributed by atoms with Crippen LogP contribution in [0.2, 0.25) is 0 Å². The number of esters is 1. The smallest absolute Gasteiger partial charge is 0.325 e. The summed E-state index contributed by atoms with van der Waals surface area (Å²) in [5, 5.41) is 7.63. The quantitative estimate of drug-likeness (QED) is 0.584. The lowest BCUT2D eigenvalue weighted by atomic mass is 10.2. The molecule has 7 nitrogen and oxygen atoms in total. The van der Waals surface area contributed by atoms with Crippen LogP contribution in [0.5, 0.6) is 0 Å². The fourth-order valence-corrected chi connectivity index (χ4v) is 2.36. The Labute approximate surface area is 165 Å². The van der Waals surface area contributed by atoms with Crippen LogP contribution in [0.4, 0.5) is 10.5 Å². The van der Waals surface area contributed by atoms with Gasteiger partial charge in [-0.25, -0.2) is 4.79 Å². The molecule has 0 aromatic heterocycles. The number of hydrogen-bond donors (Lipinski definition) is 3. The topological polar surface area (TPSA) is 96.5 Å². The van der Waals surface area contributed by atoms with Gasteiger partial charge in [-0.3, -0.25) is 9.59 Å². The monoisotopic (exact) mass is 433 g/mol. The van der Waals surface area contributed by atoms with Gasteiger partial charge in [0.1, 0.15) is 6.54 Å². The van der Waals surface area contributed by atoms with Crippen molar-refractivity contribution in [2.24, 2.45) is 0 Å². The van der Waals surface area contributed by atoms with Crippen molar-refractivity contribution in [3.05, 3.63) is 64.1 Å². The van der Waals surface area contributed by atoms with Crippen molar-refractivity contribution in [3.8, 4) is 0 Å². The summed E-state index contributed by atoms with van der Waals surface area (Å²) < 4.78 is 5.77. The molecular weight excluding hydrogens is 414 g/mol. The summed E-state index contributed by atoms with van der Waals surface area (Å²) in [6.45, 7) is 1.48. The molecule has 0 aliphatic heterocycles. The Hall–Kier alpha value is -2.87. The van der Waals surface area contributed by atoms with Gasteiger partial charge in [-0.1, -0.05) is 46.3 Å². The van der Waals surface area contributed by atoms with Gasteiger partial charge in [-0.15, -0.1) is 0 Å². The number of aryl methyl sites for hydroxylation is 1. The molecule has 142 valence electrons. The van der Waals surface area contributed by atoms with Crippen molar-refractivity contribution in [2.75, 3.05) is 18.5 Å². The zero-order valence-electron chi connectivity index (χ0n) is 14.8. The Bertz CT molecular complexity index is 812. The molecule has 0 saturated heterocycles. The molecule has 27 heavy (non-hydrogen) atoms. The second-order valence-electron chi connectivity index (χ2n) is 5.69.